The molecule has 0 N–H and O–H groups in total. The van der Waals surface area contributed by atoms with E-state index in [4.69, 9.17) is 4.43 Å². The molecule has 0 heterocycles. The Hall–Kier alpha value is -1.87. The predicted octanol–water partition coefficient (Wildman–Crippen LogP) is 3.35. The van der Waals surface area contributed by atoms with Gasteiger partial charge in [0.05, 0.1) is 5.41 Å². The average molecular weight is 312 g/mol. The SMILES string of the molecule is CCCC(C(=O)O[SiH3])(c1ccccc1)C(C)c1ccccc1. The van der Waals surface area contributed by atoms with Crippen molar-refractivity contribution in [3.8, 4) is 0 Å². The highest BCUT2D eigenvalue weighted by molar-refractivity contribution is 6.07. The highest BCUT2D eigenvalue weighted by Crippen LogP contribution is 2.43. The van der Waals surface area contributed by atoms with E-state index in [9.17, 15) is 4.79 Å². The first kappa shape index (κ1) is 16.5. The molecule has 2 aromatic rings. The smallest absolute Gasteiger partial charge is 0.303 e. The number of rotatable bonds is 6. The Morgan fingerprint density at radius 3 is 2.14 bits per heavy atom. The van der Waals surface area contributed by atoms with E-state index in [0.717, 1.165) is 18.4 Å². The summed E-state index contributed by atoms with van der Waals surface area (Å²) < 4.78 is 5.37. The van der Waals surface area contributed by atoms with Gasteiger partial charge in [0, 0.05) is 5.92 Å². The summed E-state index contributed by atoms with van der Waals surface area (Å²) in [5, 5.41) is 0. The van der Waals surface area contributed by atoms with Gasteiger partial charge in [-0.05, 0) is 17.5 Å². The van der Waals surface area contributed by atoms with Gasteiger partial charge < -0.3 is 4.43 Å². The first-order chi connectivity index (χ1) is 10.7. The first-order valence-electron chi connectivity index (χ1n) is 7.85. The second-order valence-electron chi connectivity index (χ2n) is 5.71. The Bertz CT molecular complexity index is 597. The summed E-state index contributed by atoms with van der Waals surface area (Å²) in [7, 11) is 0.421. The number of carbonyl (C=O) groups excluding carboxylic acids is 1. The molecule has 2 unspecified atom stereocenters. The van der Waals surface area contributed by atoms with Crippen molar-refractivity contribution in [2.75, 3.05) is 0 Å². The Labute approximate surface area is 136 Å². The molecule has 0 aliphatic rings. The van der Waals surface area contributed by atoms with Crippen LogP contribution in [-0.2, 0) is 14.6 Å². The zero-order chi connectivity index (χ0) is 16.0. The van der Waals surface area contributed by atoms with Crippen molar-refractivity contribution in [3.05, 3.63) is 71.8 Å². The van der Waals surface area contributed by atoms with Gasteiger partial charge in [0.25, 0.3) is 0 Å². The minimum atomic E-state index is -0.612. The Morgan fingerprint density at radius 2 is 1.64 bits per heavy atom. The van der Waals surface area contributed by atoms with Gasteiger partial charge in [-0.25, -0.2) is 0 Å². The Morgan fingerprint density at radius 1 is 1.09 bits per heavy atom. The molecule has 2 atom stereocenters. The van der Waals surface area contributed by atoms with E-state index in [1.54, 1.807) is 0 Å². The molecule has 22 heavy (non-hydrogen) atoms. The number of hydrogen-bond acceptors (Lipinski definition) is 2. The first-order valence-corrected chi connectivity index (χ1v) is 8.67. The summed E-state index contributed by atoms with van der Waals surface area (Å²) in [6, 6.07) is 20.3. The third-order valence-electron chi connectivity index (χ3n) is 4.52. The van der Waals surface area contributed by atoms with Crippen LogP contribution >= 0.6 is 0 Å². The minimum Gasteiger partial charge on any atom is -0.528 e. The molecule has 2 rings (SSSR count). The molecule has 0 fully saturated rings. The zero-order valence-electron chi connectivity index (χ0n) is 13.6. The number of carbonyl (C=O) groups is 1. The van der Waals surface area contributed by atoms with Gasteiger partial charge in [0.15, 0.2) is 0 Å². The summed E-state index contributed by atoms with van der Waals surface area (Å²) in [6.07, 6.45) is 1.72. The molecular weight excluding hydrogens is 288 g/mol. The Balaban J connectivity index is 2.60. The quantitative estimate of drug-likeness (QED) is 0.765. The van der Waals surface area contributed by atoms with E-state index < -0.39 is 5.41 Å². The topological polar surface area (TPSA) is 26.3 Å². The molecule has 0 radical (unpaired) electrons. The monoisotopic (exact) mass is 312 g/mol. The fraction of sp³-hybridized carbons (Fsp3) is 0.316. The lowest BCUT2D eigenvalue weighted by Crippen LogP contribution is -2.42. The summed E-state index contributed by atoms with van der Waals surface area (Å²) in [6.45, 7) is 4.26. The van der Waals surface area contributed by atoms with E-state index in [2.05, 4.69) is 26.0 Å². The van der Waals surface area contributed by atoms with E-state index in [1.165, 1.54) is 5.56 Å². The molecule has 0 bridgehead atoms. The average Bonchev–Trinajstić information content (AvgIpc) is 2.60. The lowest BCUT2D eigenvalue weighted by Gasteiger charge is -2.37. The van der Waals surface area contributed by atoms with Crippen LogP contribution in [0.1, 0.15) is 43.7 Å². The van der Waals surface area contributed by atoms with Gasteiger partial charge in [-0.3, -0.25) is 4.79 Å². The highest BCUT2D eigenvalue weighted by Gasteiger charge is 2.45. The summed E-state index contributed by atoms with van der Waals surface area (Å²) >= 11 is 0. The summed E-state index contributed by atoms with van der Waals surface area (Å²) in [5.41, 5.74) is 1.61. The highest BCUT2D eigenvalue weighted by atomic mass is 28.2. The van der Waals surface area contributed by atoms with Crippen molar-refractivity contribution >= 4 is 16.5 Å². The van der Waals surface area contributed by atoms with Crippen LogP contribution in [0.2, 0.25) is 0 Å². The van der Waals surface area contributed by atoms with Crippen molar-refractivity contribution < 1.29 is 9.22 Å². The maximum atomic E-state index is 12.9. The van der Waals surface area contributed by atoms with E-state index in [0.29, 0.717) is 10.5 Å². The van der Waals surface area contributed by atoms with Gasteiger partial charge in [0.1, 0.15) is 0 Å². The molecule has 0 saturated carbocycles. The largest absolute Gasteiger partial charge is 0.528 e. The predicted molar refractivity (Wildman–Crippen MR) is 93.9 cm³/mol. The normalized spacial score (nSPS) is 15.0. The number of hydrogen-bond donors (Lipinski definition) is 0. The van der Waals surface area contributed by atoms with Crippen LogP contribution in [-0.4, -0.2) is 16.5 Å². The molecule has 0 amide bonds. The van der Waals surface area contributed by atoms with Crippen molar-refractivity contribution in [2.24, 2.45) is 0 Å². The standard InChI is InChI=1S/C19H24O2Si/c1-3-14-19(18(20)21-22,17-12-8-5-9-13-17)15(2)16-10-6-4-7-11-16/h4-13,15H,3,14H2,1-2,22H3. The zero-order valence-corrected chi connectivity index (χ0v) is 15.6. The molecule has 3 heteroatoms. The molecule has 2 aromatic carbocycles. The second-order valence-corrected chi connectivity index (χ2v) is 6.12. The van der Waals surface area contributed by atoms with Crippen LogP contribution in [0.5, 0.6) is 0 Å². The molecule has 0 aliphatic carbocycles. The molecule has 0 spiro atoms. The molecular formula is C19H24O2Si. The van der Waals surface area contributed by atoms with Crippen LogP contribution in [0.25, 0.3) is 0 Å². The van der Waals surface area contributed by atoms with Gasteiger partial charge in [-0.1, -0.05) is 80.9 Å². The molecule has 2 nitrogen and oxygen atoms in total. The van der Waals surface area contributed by atoms with Crippen LogP contribution in [0.3, 0.4) is 0 Å². The summed E-state index contributed by atoms with van der Waals surface area (Å²) in [4.78, 5) is 12.9. The Kier molecular flexibility index (Phi) is 5.55. The number of benzene rings is 2. The fourth-order valence-corrected chi connectivity index (χ4v) is 3.71. The van der Waals surface area contributed by atoms with E-state index in [-0.39, 0.29) is 11.9 Å². The van der Waals surface area contributed by atoms with Crippen molar-refractivity contribution in [3.63, 3.8) is 0 Å². The second kappa shape index (κ2) is 7.41. The van der Waals surface area contributed by atoms with E-state index >= 15 is 0 Å². The molecule has 116 valence electrons. The van der Waals surface area contributed by atoms with Gasteiger partial charge in [-0.15, -0.1) is 0 Å². The van der Waals surface area contributed by atoms with Crippen LogP contribution in [0, 0.1) is 0 Å². The van der Waals surface area contributed by atoms with Crippen molar-refractivity contribution in [1.29, 1.82) is 0 Å². The maximum Gasteiger partial charge on any atom is 0.303 e. The van der Waals surface area contributed by atoms with E-state index in [1.807, 2.05) is 48.5 Å². The third-order valence-corrected chi connectivity index (χ3v) is 4.89. The lowest BCUT2D eigenvalue weighted by molar-refractivity contribution is -0.142. The third kappa shape index (κ3) is 3.00. The van der Waals surface area contributed by atoms with Crippen LogP contribution < -0.4 is 0 Å². The minimum absolute atomic E-state index is 0.0671. The molecule has 0 aliphatic heterocycles. The fourth-order valence-electron chi connectivity index (χ4n) is 3.35. The van der Waals surface area contributed by atoms with Gasteiger partial charge in [0.2, 0.25) is 10.5 Å². The molecule has 0 aromatic heterocycles. The van der Waals surface area contributed by atoms with Crippen LogP contribution in [0.15, 0.2) is 60.7 Å². The van der Waals surface area contributed by atoms with Crippen molar-refractivity contribution in [1.82, 2.24) is 0 Å². The van der Waals surface area contributed by atoms with Crippen molar-refractivity contribution in [2.45, 2.75) is 38.0 Å². The van der Waals surface area contributed by atoms with Crippen LogP contribution in [0.4, 0.5) is 0 Å². The van der Waals surface area contributed by atoms with Gasteiger partial charge >= 0.3 is 5.97 Å². The maximum absolute atomic E-state index is 12.9. The van der Waals surface area contributed by atoms with Gasteiger partial charge in [-0.2, -0.15) is 0 Å². The molecule has 0 saturated heterocycles. The summed E-state index contributed by atoms with van der Waals surface area (Å²) in [5.74, 6) is -0.0268. The lowest BCUT2D eigenvalue weighted by atomic mass is 9.66.